The fraction of sp³-hybridized carbons (Fsp3) is 0.235. The van der Waals surface area contributed by atoms with Crippen molar-refractivity contribution < 1.29 is 9.53 Å². The van der Waals surface area contributed by atoms with Gasteiger partial charge in [-0.3, -0.25) is 4.79 Å². The molecule has 3 heteroatoms. The molecular weight excluding hydrogens is 267 g/mol. The lowest BCUT2D eigenvalue weighted by atomic mass is 9.93. The van der Waals surface area contributed by atoms with Crippen LogP contribution in [0.4, 0.5) is 0 Å². The molecule has 2 aromatic carbocycles. The second-order valence-corrected chi connectivity index (χ2v) is 5.65. The van der Waals surface area contributed by atoms with Crippen LogP contribution in [0.25, 0.3) is 0 Å². The molecule has 0 heterocycles. The monoisotopic (exact) mass is 286 g/mol. The van der Waals surface area contributed by atoms with Crippen molar-refractivity contribution in [1.82, 2.24) is 0 Å². The van der Waals surface area contributed by atoms with Crippen LogP contribution in [0.1, 0.15) is 32.6 Å². The van der Waals surface area contributed by atoms with Crippen LogP contribution in [0.3, 0.4) is 0 Å². The first kappa shape index (κ1) is 14.7. The zero-order valence-electron chi connectivity index (χ0n) is 12.3. The minimum absolute atomic E-state index is 0.0150. The average Bonchev–Trinajstić information content (AvgIpc) is 2.37. The van der Waals surface area contributed by atoms with Crippen LogP contribution in [0.15, 0.2) is 30.3 Å². The second kappa shape index (κ2) is 5.76. The average molecular weight is 286 g/mol. The number of para-hydroxylation sites is 1. The summed E-state index contributed by atoms with van der Waals surface area (Å²) in [5, 5.41) is 0.890. The molecule has 0 aliphatic heterocycles. The quantitative estimate of drug-likeness (QED) is 0.639. The summed E-state index contributed by atoms with van der Waals surface area (Å²) in [4.78, 5) is 12.8. The lowest BCUT2D eigenvalue weighted by Crippen LogP contribution is -2.12. The first-order valence-corrected chi connectivity index (χ1v) is 7.08. The molecule has 0 saturated carbocycles. The minimum Gasteiger partial charge on any atom is -0.495 e. The zero-order valence-corrected chi connectivity index (χ0v) is 13.4. The molecule has 20 heavy (non-hydrogen) atoms. The van der Waals surface area contributed by atoms with E-state index in [0.29, 0.717) is 11.3 Å². The lowest BCUT2D eigenvalue weighted by molar-refractivity contribution is 0.103. The van der Waals surface area contributed by atoms with Crippen LogP contribution in [-0.4, -0.2) is 12.9 Å². The molecule has 2 rings (SSSR count). The Morgan fingerprint density at radius 3 is 2.25 bits per heavy atom. The van der Waals surface area contributed by atoms with Crippen molar-refractivity contribution in [2.45, 2.75) is 20.8 Å². The van der Waals surface area contributed by atoms with E-state index >= 15 is 0 Å². The summed E-state index contributed by atoms with van der Waals surface area (Å²) in [6, 6.07) is 9.67. The van der Waals surface area contributed by atoms with Crippen LogP contribution >= 0.6 is 9.24 Å². The van der Waals surface area contributed by atoms with E-state index in [0.717, 1.165) is 22.0 Å². The first-order chi connectivity index (χ1) is 9.45. The summed E-state index contributed by atoms with van der Waals surface area (Å²) in [7, 11) is 4.19. The molecular formula is C17H19O2P. The van der Waals surface area contributed by atoms with Crippen LogP contribution < -0.4 is 10.0 Å². The molecule has 0 radical (unpaired) electrons. The lowest BCUT2D eigenvalue weighted by Gasteiger charge is -2.14. The fourth-order valence-electron chi connectivity index (χ4n) is 2.63. The fourth-order valence-corrected chi connectivity index (χ4v) is 3.02. The third-order valence-corrected chi connectivity index (χ3v) is 3.85. The van der Waals surface area contributed by atoms with Crippen molar-refractivity contribution in [3.05, 3.63) is 58.1 Å². The van der Waals surface area contributed by atoms with Crippen molar-refractivity contribution in [3.8, 4) is 5.75 Å². The highest BCUT2D eigenvalue weighted by Crippen LogP contribution is 2.25. The molecule has 0 amide bonds. The minimum atomic E-state index is 0.0150. The van der Waals surface area contributed by atoms with E-state index in [9.17, 15) is 4.79 Å². The molecule has 0 aromatic heterocycles. The molecule has 0 bridgehead atoms. The first-order valence-electron chi connectivity index (χ1n) is 6.50. The number of aryl methyl sites for hydroxylation is 3. The Balaban J connectivity index is 2.61. The van der Waals surface area contributed by atoms with Gasteiger partial charge in [0.15, 0.2) is 5.78 Å². The van der Waals surface area contributed by atoms with E-state index in [-0.39, 0.29) is 5.78 Å². The number of rotatable bonds is 3. The molecule has 0 spiro atoms. The van der Waals surface area contributed by atoms with Gasteiger partial charge in [-0.1, -0.05) is 29.8 Å². The molecule has 0 saturated heterocycles. The SMILES string of the molecule is COc1c(P)cccc1C(=O)c1c(C)cc(C)cc1C. The number of ketones is 1. The highest BCUT2D eigenvalue weighted by molar-refractivity contribution is 7.27. The predicted molar refractivity (Wildman–Crippen MR) is 86.4 cm³/mol. The third-order valence-electron chi connectivity index (χ3n) is 3.40. The standard InChI is InChI=1S/C17H19O2P/c1-10-8-11(2)15(12(3)9-10)16(18)13-6-5-7-14(20)17(13)19-4/h5-9H,20H2,1-4H3. The Morgan fingerprint density at radius 2 is 1.70 bits per heavy atom. The topological polar surface area (TPSA) is 26.3 Å². The summed E-state index contributed by atoms with van der Waals surface area (Å²) in [6.45, 7) is 5.99. The third kappa shape index (κ3) is 2.62. The van der Waals surface area contributed by atoms with E-state index in [4.69, 9.17) is 4.74 Å². The number of carbonyl (C=O) groups excluding carboxylic acids is 1. The van der Waals surface area contributed by atoms with Crippen LogP contribution in [0.2, 0.25) is 0 Å². The number of hydrogen-bond acceptors (Lipinski definition) is 2. The molecule has 104 valence electrons. The van der Waals surface area contributed by atoms with Crippen molar-refractivity contribution in [2.24, 2.45) is 0 Å². The Morgan fingerprint density at radius 1 is 1.10 bits per heavy atom. The van der Waals surface area contributed by atoms with Gasteiger partial charge in [-0.25, -0.2) is 0 Å². The number of ether oxygens (including phenoxy) is 1. The Bertz CT molecular complexity index is 652. The van der Waals surface area contributed by atoms with Crippen LogP contribution in [0.5, 0.6) is 5.75 Å². The van der Waals surface area contributed by atoms with Gasteiger partial charge in [0.05, 0.1) is 12.7 Å². The van der Waals surface area contributed by atoms with Crippen molar-refractivity contribution in [3.63, 3.8) is 0 Å². The van der Waals surface area contributed by atoms with E-state index in [1.807, 2.05) is 51.1 Å². The highest BCUT2D eigenvalue weighted by Gasteiger charge is 2.19. The second-order valence-electron chi connectivity index (χ2n) is 5.03. The van der Waals surface area contributed by atoms with Gasteiger partial charge in [-0.05, 0) is 38.0 Å². The van der Waals surface area contributed by atoms with Gasteiger partial charge >= 0.3 is 0 Å². The number of methoxy groups -OCH3 is 1. The molecule has 2 nitrogen and oxygen atoms in total. The maximum atomic E-state index is 12.8. The molecule has 0 N–H and O–H groups in total. The molecule has 0 fully saturated rings. The Hall–Kier alpha value is -1.66. The summed E-state index contributed by atoms with van der Waals surface area (Å²) in [5.41, 5.74) is 4.55. The molecule has 1 unspecified atom stereocenters. The summed E-state index contributed by atoms with van der Waals surface area (Å²) < 4.78 is 5.38. The summed E-state index contributed by atoms with van der Waals surface area (Å²) in [5.74, 6) is 0.642. The van der Waals surface area contributed by atoms with Gasteiger partial charge in [-0.15, -0.1) is 9.24 Å². The van der Waals surface area contributed by atoms with E-state index in [1.165, 1.54) is 5.56 Å². The van der Waals surface area contributed by atoms with Gasteiger partial charge in [0.25, 0.3) is 0 Å². The summed E-state index contributed by atoms with van der Waals surface area (Å²) >= 11 is 0. The number of carbonyl (C=O) groups is 1. The smallest absolute Gasteiger partial charge is 0.197 e. The zero-order chi connectivity index (χ0) is 14.9. The maximum absolute atomic E-state index is 12.8. The number of hydrogen-bond donors (Lipinski definition) is 0. The van der Waals surface area contributed by atoms with E-state index in [1.54, 1.807) is 7.11 Å². The summed E-state index contributed by atoms with van der Waals surface area (Å²) in [6.07, 6.45) is 0. The molecule has 0 aliphatic carbocycles. The van der Waals surface area contributed by atoms with E-state index < -0.39 is 0 Å². The normalized spacial score (nSPS) is 10.4. The van der Waals surface area contributed by atoms with Crippen LogP contribution in [-0.2, 0) is 0 Å². The van der Waals surface area contributed by atoms with E-state index in [2.05, 4.69) is 9.24 Å². The predicted octanol–water partition coefficient (Wildman–Crippen LogP) is 3.35. The maximum Gasteiger partial charge on any atom is 0.197 e. The highest BCUT2D eigenvalue weighted by atomic mass is 31.0. The van der Waals surface area contributed by atoms with Gasteiger partial charge in [0, 0.05) is 10.9 Å². The van der Waals surface area contributed by atoms with Crippen LogP contribution in [0, 0.1) is 20.8 Å². The Labute approximate surface area is 122 Å². The molecule has 0 aliphatic rings. The van der Waals surface area contributed by atoms with Gasteiger partial charge in [0.2, 0.25) is 0 Å². The van der Waals surface area contributed by atoms with Crippen molar-refractivity contribution >= 4 is 20.3 Å². The van der Waals surface area contributed by atoms with Gasteiger partial charge < -0.3 is 4.74 Å². The Kier molecular flexibility index (Phi) is 4.25. The van der Waals surface area contributed by atoms with Crippen molar-refractivity contribution in [1.29, 1.82) is 0 Å². The van der Waals surface area contributed by atoms with Crippen molar-refractivity contribution in [2.75, 3.05) is 7.11 Å². The van der Waals surface area contributed by atoms with Gasteiger partial charge in [-0.2, -0.15) is 0 Å². The molecule has 2 aromatic rings. The van der Waals surface area contributed by atoms with Gasteiger partial charge in [0.1, 0.15) is 5.75 Å². The largest absolute Gasteiger partial charge is 0.495 e. The molecule has 1 atom stereocenters. The number of benzene rings is 2.